The summed E-state index contributed by atoms with van der Waals surface area (Å²) in [7, 11) is 0. The summed E-state index contributed by atoms with van der Waals surface area (Å²) in [4.78, 5) is 34.5. The fourth-order valence-electron chi connectivity index (χ4n) is 2.21. The number of ether oxygens (including phenoxy) is 1. The molecule has 0 fully saturated rings. The van der Waals surface area contributed by atoms with Crippen molar-refractivity contribution in [2.45, 2.75) is 0 Å². The van der Waals surface area contributed by atoms with E-state index in [0.717, 1.165) is 11.3 Å². The van der Waals surface area contributed by atoms with Crippen LogP contribution in [-0.4, -0.2) is 23.4 Å². The normalized spacial score (nSPS) is 10.5. The molecule has 0 atom stereocenters. The van der Waals surface area contributed by atoms with Gasteiger partial charge in [-0.05, 0) is 30.3 Å². The molecule has 3 rings (SSSR count). The number of thiophene rings is 1. The molecule has 0 aliphatic rings. The van der Waals surface area contributed by atoms with Gasteiger partial charge in [0.1, 0.15) is 4.88 Å². The smallest absolute Gasteiger partial charge is 0.348 e. The average Bonchev–Trinajstić information content (AvgIpc) is 3.03. The van der Waals surface area contributed by atoms with Crippen LogP contribution in [0, 0.1) is 10.1 Å². The van der Waals surface area contributed by atoms with E-state index in [0.29, 0.717) is 20.8 Å². The standard InChI is InChI=1S/C17H11ClN2O5S/c18-11-2-1-3-12(8-11)19-16(21)9-25-17(22)15-7-10-6-13(20(23)24)4-5-14(10)26-15/h1-8H,9H2,(H,19,21). The van der Waals surface area contributed by atoms with Crippen molar-refractivity contribution < 1.29 is 19.2 Å². The number of rotatable bonds is 5. The first-order valence-electron chi connectivity index (χ1n) is 7.33. The molecule has 0 aliphatic heterocycles. The molecule has 132 valence electrons. The minimum Gasteiger partial charge on any atom is -0.451 e. The van der Waals surface area contributed by atoms with Crippen LogP contribution in [0.4, 0.5) is 11.4 Å². The fraction of sp³-hybridized carbons (Fsp3) is 0.0588. The summed E-state index contributed by atoms with van der Waals surface area (Å²) in [5, 5.41) is 14.4. The molecule has 0 bridgehead atoms. The molecular weight excluding hydrogens is 380 g/mol. The Bertz CT molecular complexity index is 1020. The van der Waals surface area contributed by atoms with Crippen LogP contribution >= 0.6 is 22.9 Å². The van der Waals surface area contributed by atoms with E-state index in [1.807, 2.05) is 0 Å². The molecule has 0 aliphatic carbocycles. The van der Waals surface area contributed by atoms with E-state index in [1.165, 1.54) is 18.2 Å². The van der Waals surface area contributed by atoms with Crippen molar-refractivity contribution in [2.24, 2.45) is 0 Å². The van der Waals surface area contributed by atoms with Crippen molar-refractivity contribution in [2.75, 3.05) is 11.9 Å². The molecule has 0 unspecified atom stereocenters. The van der Waals surface area contributed by atoms with E-state index < -0.39 is 23.4 Å². The Balaban J connectivity index is 1.63. The molecule has 26 heavy (non-hydrogen) atoms. The van der Waals surface area contributed by atoms with E-state index in [4.69, 9.17) is 16.3 Å². The van der Waals surface area contributed by atoms with Crippen LogP contribution in [0.2, 0.25) is 5.02 Å². The summed E-state index contributed by atoms with van der Waals surface area (Å²) in [5.41, 5.74) is 0.434. The summed E-state index contributed by atoms with van der Waals surface area (Å²) >= 11 is 6.96. The van der Waals surface area contributed by atoms with Crippen LogP contribution in [0.15, 0.2) is 48.5 Å². The monoisotopic (exact) mass is 390 g/mol. The van der Waals surface area contributed by atoms with Crippen molar-refractivity contribution in [3.63, 3.8) is 0 Å². The van der Waals surface area contributed by atoms with Gasteiger partial charge >= 0.3 is 5.97 Å². The zero-order valence-corrected chi connectivity index (χ0v) is 14.7. The lowest BCUT2D eigenvalue weighted by Crippen LogP contribution is -2.20. The highest BCUT2D eigenvalue weighted by Crippen LogP contribution is 2.29. The Labute approximate surface area is 156 Å². The second-order valence-corrected chi connectivity index (χ2v) is 6.74. The maximum absolute atomic E-state index is 12.1. The van der Waals surface area contributed by atoms with Gasteiger partial charge in [-0.15, -0.1) is 11.3 Å². The molecule has 1 amide bonds. The molecule has 1 N–H and O–H groups in total. The molecule has 0 saturated carbocycles. The van der Waals surface area contributed by atoms with Gasteiger partial charge in [0.15, 0.2) is 6.61 Å². The highest BCUT2D eigenvalue weighted by molar-refractivity contribution is 7.20. The molecular formula is C17H11ClN2O5S. The molecule has 0 spiro atoms. The summed E-state index contributed by atoms with van der Waals surface area (Å²) in [6.07, 6.45) is 0. The first-order chi connectivity index (χ1) is 12.4. The largest absolute Gasteiger partial charge is 0.451 e. The molecule has 1 aromatic heterocycles. The van der Waals surface area contributed by atoms with E-state index in [-0.39, 0.29) is 10.6 Å². The van der Waals surface area contributed by atoms with Gasteiger partial charge in [0.05, 0.1) is 4.92 Å². The van der Waals surface area contributed by atoms with Gasteiger partial charge in [-0.2, -0.15) is 0 Å². The number of nitrogens with one attached hydrogen (secondary N) is 1. The second kappa shape index (κ2) is 7.51. The number of non-ortho nitro benzene ring substituents is 1. The summed E-state index contributed by atoms with van der Waals surface area (Å²) < 4.78 is 5.71. The lowest BCUT2D eigenvalue weighted by Gasteiger charge is -2.06. The Morgan fingerprint density at radius 2 is 2.00 bits per heavy atom. The minimum absolute atomic E-state index is 0.0592. The SMILES string of the molecule is O=C(COC(=O)c1cc2cc([N+](=O)[O-])ccc2s1)Nc1cccc(Cl)c1. The number of nitrogens with zero attached hydrogens (tertiary/aromatic N) is 1. The number of nitro benzene ring substituents is 1. The van der Waals surface area contributed by atoms with Crippen LogP contribution in [0.5, 0.6) is 0 Å². The number of halogens is 1. The summed E-state index contributed by atoms with van der Waals surface area (Å²) in [6, 6.07) is 12.4. The van der Waals surface area contributed by atoms with Crippen molar-refractivity contribution in [3.8, 4) is 0 Å². The van der Waals surface area contributed by atoms with Crippen molar-refractivity contribution >= 4 is 56.3 Å². The Kier molecular flexibility index (Phi) is 5.15. The molecule has 1 heterocycles. The second-order valence-electron chi connectivity index (χ2n) is 5.22. The van der Waals surface area contributed by atoms with Crippen LogP contribution in [0.1, 0.15) is 9.67 Å². The van der Waals surface area contributed by atoms with Gasteiger partial charge in [0, 0.05) is 32.9 Å². The maximum atomic E-state index is 12.1. The number of amides is 1. The highest BCUT2D eigenvalue weighted by Gasteiger charge is 2.15. The molecule has 7 nitrogen and oxygen atoms in total. The summed E-state index contributed by atoms with van der Waals surface area (Å²) in [5.74, 6) is -1.17. The molecule has 0 radical (unpaired) electrons. The van der Waals surface area contributed by atoms with Crippen molar-refractivity contribution in [1.82, 2.24) is 0 Å². The Morgan fingerprint density at radius 1 is 1.19 bits per heavy atom. The van der Waals surface area contributed by atoms with Gasteiger partial charge in [-0.25, -0.2) is 4.79 Å². The lowest BCUT2D eigenvalue weighted by molar-refractivity contribution is -0.384. The zero-order chi connectivity index (χ0) is 18.7. The first kappa shape index (κ1) is 17.8. The van der Waals surface area contributed by atoms with E-state index >= 15 is 0 Å². The van der Waals surface area contributed by atoms with Crippen LogP contribution in [0.3, 0.4) is 0 Å². The fourth-order valence-corrected chi connectivity index (χ4v) is 3.34. The van der Waals surface area contributed by atoms with E-state index in [1.54, 1.807) is 30.3 Å². The van der Waals surface area contributed by atoms with E-state index in [2.05, 4.69) is 5.32 Å². The molecule has 0 saturated heterocycles. The number of esters is 1. The molecule has 9 heteroatoms. The molecule has 2 aromatic carbocycles. The lowest BCUT2D eigenvalue weighted by atomic mass is 10.2. The topological polar surface area (TPSA) is 98.5 Å². The van der Waals surface area contributed by atoms with Gasteiger partial charge in [0.2, 0.25) is 0 Å². The van der Waals surface area contributed by atoms with Gasteiger partial charge < -0.3 is 10.1 Å². The average molecular weight is 391 g/mol. The highest BCUT2D eigenvalue weighted by atomic mass is 35.5. The maximum Gasteiger partial charge on any atom is 0.348 e. The minimum atomic E-state index is -0.671. The number of anilines is 1. The quantitative estimate of drug-likeness (QED) is 0.398. The molecule has 3 aromatic rings. The zero-order valence-electron chi connectivity index (χ0n) is 13.1. The number of fused-ring (bicyclic) bond motifs is 1. The third kappa shape index (κ3) is 4.16. The number of carbonyl (C=O) groups is 2. The van der Waals surface area contributed by atoms with Crippen LogP contribution in [0.25, 0.3) is 10.1 Å². The summed E-state index contributed by atoms with van der Waals surface area (Å²) in [6.45, 7) is -0.459. The predicted octanol–water partition coefficient (Wildman–Crippen LogP) is 4.26. The number of nitro groups is 1. The third-order valence-corrected chi connectivity index (χ3v) is 4.69. The number of benzene rings is 2. The van der Waals surface area contributed by atoms with Crippen LogP contribution < -0.4 is 5.32 Å². The van der Waals surface area contributed by atoms with Crippen molar-refractivity contribution in [3.05, 3.63) is 68.5 Å². The Morgan fingerprint density at radius 3 is 2.73 bits per heavy atom. The number of hydrogen-bond donors (Lipinski definition) is 1. The van der Waals surface area contributed by atoms with Gasteiger partial charge in [-0.1, -0.05) is 17.7 Å². The number of hydrogen-bond acceptors (Lipinski definition) is 6. The third-order valence-electron chi connectivity index (χ3n) is 3.35. The van der Waals surface area contributed by atoms with Crippen molar-refractivity contribution in [1.29, 1.82) is 0 Å². The van der Waals surface area contributed by atoms with E-state index in [9.17, 15) is 19.7 Å². The number of carbonyl (C=O) groups excluding carboxylic acids is 2. The van der Waals surface area contributed by atoms with Gasteiger partial charge in [0.25, 0.3) is 11.6 Å². The van der Waals surface area contributed by atoms with Crippen LogP contribution in [-0.2, 0) is 9.53 Å². The predicted molar refractivity (Wildman–Crippen MR) is 98.8 cm³/mol. The van der Waals surface area contributed by atoms with Gasteiger partial charge in [-0.3, -0.25) is 14.9 Å². The first-order valence-corrected chi connectivity index (χ1v) is 8.52. The Hall–Kier alpha value is -2.97.